The summed E-state index contributed by atoms with van der Waals surface area (Å²) in [5.74, 6) is 0.723. The number of nitrogens with two attached hydrogens (primary N) is 1. The van der Waals surface area contributed by atoms with E-state index in [1.54, 1.807) is 0 Å². The summed E-state index contributed by atoms with van der Waals surface area (Å²) in [7, 11) is 0. The lowest BCUT2D eigenvalue weighted by Crippen LogP contribution is -2.54. The zero-order chi connectivity index (χ0) is 10.1. The van der Waals surface area contributed by atoms with Crippen LogP contribution in [0.15, 0.2) is 0 Å². The highest BCUT2D eigenvalue weighted by Crippen LogP contribution is 2.39. The van der Waals surface area contributed by atoms with E-state index in [0.717, 1.165) is 12.5 Å². The first-order valence-corrected chi connectivity index (χ1v) is 5.35. The summed E-state index contributed by atoms with van der Waals surface area (Å²) in [6.07, 6.45) is 2.62. The minimum absolute atomic E-state index is 0.0866. The lowest BCUT2D eigenvalue weighted by Gasteiger charge is -2.46. The summed E-state index contributed by atoms with van der Waals surface area (Å²) in [4.78, 5) is 0. The monoisotopic (exact) mass is 184 g/mol. The first-order chi connectivity index (χ1) is 5.86. The molecule has 0 aliphatic carbocycles. The molecule has 2 nitrogen and oxygen atoms in total. The summed E-state index contributed by atoms with van der Waals surface area (Å²) < 4.78 is 0. The van der Waals surface area contributed by atoms with Crippen molar-refractivity contribution in [2.75, 3.05) is 13.1 Å². The Morgan fingerprint density at radius 3 is 2.23 bits per heavy atom. The molecule has 0 aromatic heterocycles. The molecule has 2 heteroatoms. The lowest BCUT2D eigenvalue weighted by atomic mass is 9.64. The Kier molecular flexibility index (Phi) is 3.03. The van der Waals surface area contributed by atoms with Gasteiger partial charge in [0, 0.05) is 5.54 Å². The molecule has 78 valence electrons. The molecule has 0 aromatic rings. The van der Waals surface area contributed by atoms with Gasteiger partial charge in [0.15, 0.2) is 0 Å². The van der Waals surface area contributed by atoms with Gasteiger partial charge in [0.25, 0.3) is 0 Å². The van der Waals surface area contributed by atoms with Crippen molar-refractivity contribution in [3.05, 3.63) is 0 Å². The Labute approximate surface area is 82.3 Å². The number of rotatable bonds is 2. The van der Waals surface area contributed by atoms with Crippen molar-refractivity contribution >= 4 is 0 Å². The van der Waals surface area contributed by atoms with Crippen molar-refractivity contribution in [1.82, 2.24) is 5.32 Å². The Morgan fingerprint density at radius 2 is 1.85 bits per heavy atom. The molecule has 0 aromatic carbocycles. The molecule has 1 saturated heterocycles. The van der Waals surface area contributed by atoms with Gasteiger partial charge < -0.3 is 11.1 Å². The van der Waals surface area contributed by atoms with Crippen LogP contribution in [0.25, 0.3) is 0 Å². The van der Waals surface area contributed by atoms with Crippen LogP contribution < -0.4 is 11.1 Å². The third kappa shape index (κ3) is 2.23. The lowest BCUT2D eigenvalue weighted by molar-refractivity contribution is 0.0873. The third-order valence-electron chi connectivity index (χ3n) is 3.98. The maximum absolute atomic E-state index is 6.22. The van der Waals surface area contributed by atoms with Gasteiger partial charge in [0.2, 0.25) is 0 Å². The van der Waals surface area contributed by atoms with E-state index in [2.05, 4.69) is 33.0 Å². The quantitative estimate of drug-likeness (QED) is 0.686. The Bertz CT molecular complexity index is 161. The van der Waals surface area contributed by atoms with Crippen LogP contribution in [-0.2, 0) is 0 Å². The van der Waals surface area contributed by atoms with Gasteiger partial charge in [-0.1, -0.05) is 13.8 Å². The predicted octanol–water partition coefficient (Wildman–Crippen LogP) is 1.75. The van der Waals surface area contributed by atoms with Gasteiger partial charge in [0.05, 0.1) is 0 Å². The van der Waals surface area contributed by atoms with Gasteiger partial charge in [-0.25, -0.2) is 0 Å². The molecule has 1 fully saturated rings. The molecule has 1 aliphatic rings. The van der Waals surface area contributed by atoms with E-state index in [9.17, 15) is 0 Å². The first-order valence-electron chi connectivity index (χ1n) is 5.35. The molecule has 1 rings (SSSR count). The van der Waals surface area contributed by atoms with Crippen LogP contribution >= 0.6 is 0 Å². The summed E-state index contributed by atoms with van der Waals surface area (Å²) in [6.45, 7) is 11.2. The van der Waals surface area contributed by atoms with Crippen LogP contribution in [0.2, 0.25) is 0 Å². The summed E-state index contributed by atoms with van der Waals surface area (Å²) in [5.41, 5.74) is 6.35. The van der Waals surface area contributed by atoms with Crippen molar-refractivity contribution in [2.24, 2.45) is 17.1 Å². The predicted molar refractivity (Wildman–Crippen MR) is 57.6 cm³/mol. The highest BCUT2D eigenvalue weighted by molar-refractivity contribution is 4.96. The average Bonchev–Trinajstić information content (AvgIpc) is 2.04. The minimum atomic E-state index is -0.0866. The maximum Gasteiger partial charge on any atom is 0.0152 e. The van der Waals surface area contributed by atoms with E-state index in [1.807, 2.05) is 0 Å². The van der Waals surface area contributed by atoms with E-state index in [4.69, 9.17) is 5.73 Å². The Morgan fingerprint density at radius 1 is 1.23 bits per heavy atom. The molecular formula is C11H24N2. The smallest absolute Gasteiger partial charge is 0.0152 e. The van der Waals surface area contributed by atoms with Crippen LogP contribution in [0.4, 0.5) is 0 Å². The van der Waals surface area contributed by atoms with Crippen LogP contribution in [-0.4, -0.2) is 18.6 Å². The number of hydrogen-bond acceptors (Lipinski definition) is 2. The molecule has 0 amide bonds. The SMILES string of the molecule is CC(C)(N)C(C)(C)[C@H]1CCCNC1. The normalized spacial score (nSPS) is 26.1. The molecule has 1 aliphatic heterocycles. The first kappa shape index (κ1) is 11.0. The van der Waals surface area contributed by atoms with Gasteiger partial charge in [-0.05, 0) is 51.1 Å². The van der Waals surface area contributed by atoms with Gasteiger partial charge >= 0.3 is 0 Å². The average molecular weight is 184 g/mol. The summed E-state index contributed by atoms with van der Waals surface area (Å²) >= 11 is 0. The number of hydrogen-bond donors (Lipinski definition) is 2. The topological polar surface area (TPSA) is 38.0 Å². The van der Waals surface area contributed by atoms with Crippen LogP contribution in [0.1, 0.15) is 40.5 Å². The molecule has 0 unspecified atom stereocenters. The Hall–Kier alpha value is -0.0800. The van der Waals surface area contributed by atoms with Crippen LogP contribution in [0.5, 0.6) is 0 Å². The standard InChI is InChI=1S/C11H24N2/c1-10(2,11(3,4)12)9-6-5-7-13-8-9/h9,13H,5-8,12H2,1-4H3/t9-/m0/s1. The largest absolute Gasteiger partial charge is 0.325 e. The van der Waals surface area contributed by atoms with E-state index in [0.29, 0.717) is 0 Å². The molecule has 1 heterocycles. The molecule has 13 heavy (non-hydrogen) atoms. The Balaban J connectivity index is 2.67. The van der Waals surface area contributed by atoms with E-state index in [1.165, 1.54) is 19.4 Å². The highest BCUT2D eigenvalue weighted by atomic mass is 14.9. The number of nitrogens with one attached hydrogen (secondary N) is 1. The van der Waals surface area contributed by atoms with Crippen molar-refractivity contribution in [3.8, 4) is 0 Å². The minimum Gasteiger partial charge on any atom is -0.325 e. The van der Waals surface area contributed by atoms with E-state index >= 15 is 0 Å². The van der Waals surface area contributed by atoms with E-state index < -0.39 is 0 Å². The molecule has 3 N–H and O–H groups in total. The second-order valence-corrected chi connectivity index (χ2v) is 5.49. The summed E-state index contributed by atoms with van der Waals surface area (Å²) in [5, 5.41) is 3.46. The maximum atomic E-state index is 6.22. The molecule has 0 bridgehead atoms. The van der Waals surface area contributed by atoms with Gasteiger partial charge in [-0.3, -0.25) is 0 Å². The second-order valence-electron chi connectivity index (χ2n) is 5.49. The van der Waals surface area contributed by atoms with E-state index in [-0.39, 0.29) is 11.0 Å². The van der Waals surface area contributed by atoms with Crippen molar-refractivity contribution in [1.29, 1.82) is 0 Å². The number of piperidine rings is 1. The molecule has 0 spiro atoms. The summed E-state index contributed by atoms with van der Waals surface area (Å²) in [6, 6.07) is 0. The van der Waals surface area contributed by atoms with Crippen LogP contribution in [0, 0.1) is 11.3 Å². The van der Waals surface area contributed by atoms with Gasteiger partial charge in [-0.15, -0.1) is 0 Å². The van der Waals surface area contributed by atoms with Gasteiger partial charge in [0.1, 0.15) is 0 Å². The third-order valence-corrected chi connectivity index (χ3v) is 3.98. The fourth-order valence-corrected chi connectivity index (χ4v) is 1.99. The fourth-order valence-electron chi connectivity index (χ4n) is 1.99. The molecule has 1 atom stereocenters. The van der Waals surface area contributed by atoms with Crippen molar-refractivity contribution in [3.63, 3.8) is 0 Å². The van der Waals surface area contributed by atoms with Crippen LogP contribution in [0.3, 0.4) is 0 Å². The fraction of sp³-hybridized carbons (Fsp3) is 1.00. The molecule has 0 radical (unpaired) electrons. The zero-order valence-corrected chi connectivity index (χ0v) is 9.48. The van der Waals surface area contributed by atoms with Crippen molar-refractivity contribution < 1.29 is 0 Å². The molecule has 0 saturated carbocycles. The van der Waals surface area contributed by atoms with Gasteiger partial charge in [-0.2, -0.15) is 0 Å². The highest BCUT2D eigenvalue weighted by Gasteiger charge is 2.40. The zero-order valence-electron chi connectivity index (χ0n) is 9.48. The van der Waals surface area contributed by atoms with Crippen molar-refractivity contribution in [2.45, 2.75) is 46.1 Å². The second kappa shape index (κ2) is 3.58. The molecular weight excluding hydrogens is 160 g/mol.